The van der Waals surface area contributed by atoms with Gasteiger partial charge in [-0.25, -0.2) is 4.39 Å². The van der Waals surface area contributed by atoms with Crippen LogP contribution in [0.1, 0.15) is 0 Å². The fraction of sp³-hybridized carbons (Fsp3) is 0.500. The van der Waals surface area contributed by atoms with E-state index in [0.717, 1.165) is 6.07 Å². The van der Waals surface area contributed by atoms with E-state index in [4.69, 9.17) is 21.1 Å². The van der Waals surface area contributed by atoms with Gasteiger partial charge in [-0.1, -0.05) is 17.7 Å². The molecule has 0 radical (unpaired) electrons. The average molecular weight is 338 g/mol. The van der Waals surface area contributed by atoms with Crippen molar-refractivity contribution in [2.45, 2.75) is 30.7 Å². The predicted molar refractivity (Wildman–Crippen MR) is 71.4 cm³/mol. The van der Waals surface area contributed by atoms with Crippen LogP contribution in [-0.4, -0.2) is 57.6 Å². The third kappa shape index (κ3) is 3.13. The van der Waals surface area contributed by atoms with Gasteiger partial charge < -0.3 is 24.8 Å². The number of aliphatic hydroxyl groups is 3. The number of halogens is 2. The largest absolute Gasteiger partial charge is 0.460 e. The summed E-state index contributed by atoms with van der Waals surface area (Å²) < 4.78 is 22.7. The molecular weight excluding hydrogens is 325 g/mol. The minimum Gasteiger partial charge on any atom is -0.460 e. The number of hydrogen-bond donors (Lipinski definition) is 3. The van der Waals surface area contributed by atoms with Crippen molar-refractivity contribution in [1.29, 1.82) is 0 Å². The van der Waals surface area contributed by atoms with Crippen LogP contribution in [0.3, 0.4) is 0 Å². The Morgan fingerprint density at radius 3 is 2.73 bits per heavy atom. The summed E-state index contributed by atoms with van der Waals surface area (Å²) in [4.78, 5) is 10.1. The summed E-state index contributed by atoms with van der Waals surface area (Å²) in [6.07, 6.45) is -7.64. The number of benzene rings is 1. The highest BCUT2D eigenvalue weighted by Gasteiger charge is 2.47. The molecule has 8 nitrogen and oxygen atoms in total. The Hall–Kier alpha value is -1.52. The van der Waals surface area contributed by atoms with Crippen LogP contribution in [0.4, 0.5) is 10.1 Å². The Morgan fingerprint density at radius 1 is 1.45 bits per heavy atom. The highest BCUT2D eigenvalue weighted by molar-refractivity contribution is 6.34. The topological polar surface area (TPSA) is 122 Å². The van der Waals surface area contributed by atoms with Crippen molar-refractivity contribution in [2.75, 3.05) is 6.67 Å². The number of alkyl halides is 1. The van der Waals surface area contributed by atoms with Gasteiger partial charge in [0.1, 0.15) is 36.8 Å². The lowest BCUT2D eigenvalue weighted by atomic mass is 10.1. The van der Waals surface area contributed by atoms with E-state index in [1.165, 1.54) is 12.1 Å². The number of nitro groups is 1. The summed E-state index contributed by atoms with van der Waals surface area (Å²) in [5.74, 6) is -0.150. The van der Waals surface area contributed by atoms with Crippen LogP contribution in [0.5, 0.6) is 5.75 Å². The molecule has 5 atom stereocenters. The van der Waals surface area contributed by atoms with Gasteiger partial charge in [0.05, 0.1) is 4.92 Å². The maximum Gasteiger partial charge on any atom is 0.291 e. The molecule has 1 fully saturated rings. The third-order valence-corrected chi connectivity index (χ3v) is 3.56. The van der Waals surface area contributed by atoms with E-state index in [-0.39, 0.29) is 10.8 Å². The minimum atomic E-state index is -1.64. The molecule has 1 aromatic rings. The molecule has 0 spiro atoms. The Kier molecular flexibility index (Phi) is 5.14. The van der Waals surface area contributed by atoms with Crippen molar-refractivity contribution in [1.82, 2.24) is 0 Å². The molecule has 2 rings (SSSR count). The summed E-state index contributed by atoms with van der Waals surface area (Å²) in [6, 6.07) is 3.77. The van der Waals surface area contributed by atoms with E-state index in [2.05, 4.69) is 0 Å². The molecule has 1 saturated heterocycles. The maximum absolute atomic E-state index is 12.4. The molecule has 0 aromatic heterocycles. The Morgan fingerprint density at radius 2 is 2.14 bits per heavy atom. The molecule has 1 aliphatic heterocycles. The van der Waals surface area contributed by atoms with Crippen LogP contribution in [0.2, 0.25) is 5.02 Å². The fourth-order valence-electron chi connectivity index (χ4n) is 2.03. The van der Waals surface area contributed by atoms with Crippen molar-refractivity contribution < 1.29 is 34.1 Å². The van der Waals surface area contributed by atoms with Crippen molar-refractivity contribution in [3.8, 4) is 5.75 Å². The number of nitro benzene ring substituents is 1. The SMILES string of the molecule is O=[N+]([O-])c1cccc(O[C@@H]2O[C@@H]([C@H](O)CF)[C@H](O)[C@H]2O)c1Cl. The number of hydrogen-bond acceptors (Lipinski definition) is 7. The van der Waals surface area contributed by atoms with Crippen LogP contribution in [0.25, 0.3) is 0 Å². The molecule has 0 unspecified atom stereocenters. The zero-order chi connectivity index (χ0) is 16.4. The first kappa shape index (κ1) is 16.8. The molecule has 0 saturated carbocycles. The Bertz CT molecular complexity index is 560. The van der Waals surface area contributed by atoms with Gasteiger partial charge in [0.25, 0.3) is 5.69 Å². The van der Waals surface area contributed by atoms with Gasteiger partial charge >= 0.3 is 0 Å². The highest BCUT2D eigenvalue weighted by Crippen LogP contribution is 2.36. The third-order valence-electron chi connectivity index (χ3n) is 3.18. The van der Waals surface area contributed by atoms with E-state index < -0.39 is 48.0 Å². The van der Waals surface area contributed by atoms with Crippen LogP contribution >= 0.6 is 11.6 Å². The monoisotopic (exact) mass is 337 g/mol. The zero-order valence-electron chi connectivity index (χ0n) is 11.0. The first-order valence-corrected chi connectivity index (χ1v) is 6.59. The van der Waals surface area contributed by atoms with Crippen LogP contribution < -0.4 is 4.74 Å². The van der Waals surface area contributed by atoms with Gasteiger partial charge in [-0.15, -0.1) is 0 Å². The van der Waals surface area contributed by atoms with Gasteiger partial charge in [0, 0.05) is 6.07 Å². The molecule has 3 N–H and O–H groups in total. The van der Waals surface area contributed by atoms with Gasteiger partial charge in [-0.05, 0) is 6.07 Å². The zero-order valence-corrected chi connectivity index (χ0v) is 11.8. The van der Waals surface area contributed by atoms with E-state index in [9.17, 15) is 29.8 Å². The smallest absolute Gasteiger partial charge is 0.291 e. The minimum absolute atomic E-state index is 0.150. The van der Waals surface area contributed by atoms with E-state index in [0.29, 0.717) is 0 Å². The second-order valence-corrected chi connectivity index (χ2v) is 5.01. The second-order valence-electron chi connectivity index (χ2n) is 4.64. The summed E-state index contributed by atoms with van der Waals surface area (Å²) >= 11 is 5.82. The standard InChI is InChI=1S/C12H13ClFNO7/c13-8-5(15(19)20)2-1-3-7(8)21-12-10(18)9(17)11(22-12)6(16)4-14/h1-3,6,9-12,16-18H,4H2/t6-,9-,10-,11+,12-/m1/s1. The number of rotatable bonds is 5. The molecule has 0 amide bonds. The highest BCUT2D eigenvalue weighted by atomic mass is 35.5. The molecule has 1 aromatic carbocycles. The van der Waals surface area contributed by atoms with E-state index in [1.54, 1.807) is 0 Å². The molecule has 1 aliphatic rings. The molecule has 10 heteroatoms. The molecule has 1 heterocycles. The predicted octanol–water partition coefficient (Wildman–Crippen LogP) is 0.404. The lowest BCUT2D eigenvalue weighted by Crippen LogP contribution is -2.40. The van der Waals surface area contributed by atoms with Gasteiger partial charge in [-0.2, -0.15) is 0 Å². The van der Waals surface area contributed by atoms with Crippen molar-refractivity contribution in [2.24, 2.45) is 0 Å². The molecule has 122 valence electrons. The second kappa shape index (κ2) is 6.71. The van der Waals surface area contributed by atoms with Crippen molar-refractivity contribution in [3.05, 3.63) is 33.3 Å². The quantitative estimate of drug-likeness (QED) is 0.525. The summed E-state index contributed by atoms with van der Waals surface area (Å²) in [5, 5.41) is 39.3. The average Bonchev–Trinajstić information content (AvgIpc) is 2.76. The van der Waals surface area contributed by atoms with Crippen LogP contribution in [-0.2, 0) is 4.74 Å². The first-order valence-electron chi connectivity index (χ1n) is 6.22. The fourth-order valence-corrected chi connectivity index (χ4v) is 2.27. The lowest BCUT2D eigenvalue weighted by molar-refractivity contribution is -0.384. The maximum atomic E-state index is 12.4. The van der Waals surface area contributed by atoms with Gasteiger partial charge in [0.15, 0.2) is 5.02 Å². The molecule has 0 aliphatic carbocycles. The first-order chi connectivity index (χ1) is 10.4. The summed E-state index contributed by atoms with van der Waals surface area (Å²) in [7, 11) is 0. The normalized spacial score (nSPS) is 29.3. The van der Waals surface area contributed by atoms with Gasteiger partial charge in [0.2, 0.25) is 6.29 Å². The lowest BCUT2D eigenvalue weighted by Gasteiger charge is -2.18. The Balaban J connectivity index is 2.18. The molecule has 0 bridgehead atoms. The number of nitrogens with zero attached hydrogens (tertiary/aromatic N) is 1. The molecule has 22 heavy (non-hydrogen) atoms. The van der Waals surface area contributed by atoms with E-state index in [1.807, 2.05) is 0 Å². The number of ether oxygens (including phenoxy) is 2. The summed E-state index contributed by atoms with van der Waals surface area (Å²) in [6.45, 7) is -1.18. The van der Waals surface area contributed by atoms with Crippen molar-refractivity contribution >= 4 is 17.3 Å². The van der Waals surface area contributed by atoms with Gasteiger partial charge in [-0.3, -0.25) is 10.1 Å². The van der Waals surface area contributed by atoms with Crippen LogP contribution in [0, 0.1) is 10.1 Å². The summed E-state index contributed by atoms with van der Waals surface area (Å²) in [5.41, 5.74) is -0.410. The van der Waals surface area contributed by atoms with E-state index >= 15 is 0 Å². The Labute approximate surface area is 128 Å². The number of aliphatic hydroxyl groups excluding tert-OH is 3. The van der Waals surface area contributed by atoms with Crippen LogP contribution in [0.15, 0.2) is 18.2 Å². The molecular formula is C12H13ClFNO7. The van der Waals surface area contributed by atoms with Crippen molar-refractivity contribution in [3.63, 3.8) is 0 Å².